The second-order valence-electron chi connectivity index (χ2n) is 9.42. The van der Waals surface area contributed by atoms with Crippen molar-refractivity contribution in [2.75, 3.05) is 29.9 Å². The molecular weight excluding hydrogens is 541 g/mol. The molecule has 0 spiro atoms. The van der Waals surface area contributed by atoms with Crippen molar-refractivity contribution in [2.24, 2.45) is 5.41 Å². The number of aromatic nitrogens is 5. The van der Waals surface area contributed by atoms with Crippen LogP contribution in [0.4, 0.5) is 16.3 Å². The molecule has 1 aromatic carbocycles. The number of nitrogens with one attached hydrogen (secondary N) is 3. The number of ether oxygens (including phenoxy) is 2. The molecule has 4 rings (SSSR count). The Morgan fingerprint density at radius 3 is 2.45 bits per heavy atom. The quantitative estimate of drug-likeness (QED) is 0.347. The summed E-state index contributed by atoms with van der Waals surface area (Å²) in [5, 5.41) is 12.4. The van der Waals surface area contributed by atoms with Crippen molar-refractivity contribution in [1.82, 2.24) is 25.0 Å². The van der Waals surface area contributed by atoms with E-state index in [2.05, 4.69) is 39.4 Å². The molecule has 0 saturated carbocycles. The highest BCUT2D eigenvalue weighted by molar-refractivity contribution is 6.37. The van der Waals surface area contributed by atoms with E-state index in [1.54, 1.807) is 0 Å². The standard InChI is InChI=1S/C23H25Cl2N7O6/c1-4-5-6-37-22(36)26-18-20(34)27-21(35)32(30-18)12-7-13(24)17(14(25)8-12)38-16-9-15(19(33)29-28-16)31-10-23(2,3)11-31/h7-9H,4-6,10-11H2,1-3H3,(H,29,33)(H,26,30,36)(H,27,34,35). The molecule has 3 N–H and O–H groups in total. The summed E-state index contributed by atoms with van der Waals surface area (Å²) in [6.45, 7) is 7.68. The monoisotopic (exact) mass is 565 g/mol. The van der Waals surface area contributed by atoms with Gasteiger partial charge in [0.2, 0.25) is 11.7 Å². The molecule has 15 heteroatoms. The van der Waals surface area contributed by atoms with Crippen molar-refractivity contribution < 1.29 is 14.3 Å². The number of carbonyl (C=O) groups is 1. The number of H-pyrrole nitrogens is 2. The van der Waals surface area contributed by atoms with Crippen LogP contribution in [0.5, 0.6) is 11.6 Å². The highest BCUT2D eigenvalue weighted by Crippen LogP contribution is 2.38. The lowest BCUT2D eigenvalue weighted by atomic mass is 9.84. The van der Waals surface area contributed by atoms with Crippen LogP contribution in [0.1, 0.15) is 33.6 Å². The lowest BCUT2D eigenvalue weighted by Crippen LogP contribution is -2.54. The minimum atomic E-state index is -0.915. The SMILES string of the molecule is CCCCOC(=O)Nc1nn(-c2cc(Cl)c(Oc3cc(N4CC(C)(C)C4)c(=O)[nH]n3)c(Cl)c2)c(=O)[nH]c1=O. The first-order chi connectivity index (χ1) is 18.0. The molecule has 0 aliphatic carbocycles. The van der Waals surface area contributed by atoms with Gasteiger partial charge in [-0.3, -0.25) is 19.9 Å². The van der Waals surface area contributed by atoms with Gasteiger partial charge in [0.15, 0.2) is 5.75 Å². The Morgan fingerprint density at radius 2 is 1.82 bits per heavy atom. The molecule has 0 atom stereocenters. The molecule has 0 radical (unpaired) electrons. The summed E-state index contributed by atoms with van der Waals surface area (Å²) in [6, 6.07) is 4.13. The second-order valence-corrected chi connectivity index (χ2v) is 10.2. The van der Waals surface area contributed by atoms with Crippen molar-refractivity contribution in [1.29, 1.82) is 0 Å². The van der Waals surface area contributed by atoms with Gasteiger partial charge in [-0.05, 0) is 24.0 Å². The van der Waals surface area contributed by atoms with Crippen molar-refractivity contribution in [3.05, 3.63) is 59.4 Å². The minimum absolute atomic E-state index is 0.0134. The molecular formula is C23H25Cl2N7O6. The zero-order chi connectivity index (χ0) is 27.6. The largest absolute Gasteiger partial charge is 0.449 e. The van der Waals surface area contributed by atoms with Gasteiger partial charge in [0, 0.05) is 19.2 Å². The van der Waals surface area contributed by atoms with Gasteiger partial charge in [0.05, 0.1) is 22.3 Å². The molecule has 1 aliphatic heterocycles. The molecule has 38 heavy (non-hydrogen) atoms. The average Bonchev–Trinajstić information content (AvgIpc) is 2.82. The third-order valence-electron chi connectivity index (χ3n) is 5.55. The number of hydrogen-bond acceptors (Lipinski definition) is 9. The molecule has 1 saturated heterocycles. The third-order valence-corrected chi connectivity index (χ3v) is 6.11. The third kappa shape index (κ3) is 6.00. The van der Waals surface area contributed by atoms with Crippen LogP contribution in [0.2, 0.25) is 10.0 Å². The summed E-state index contributed by atoms with van der Waals surface area (Å²) in [6.07, 6.45) is 0.569. The summed E-state index contributed by atoms with van der Waals surface area (Å²) in [5.74, 6) is -0.395. The van der Waals surface area contributed by atoms with Crippen LogP contribution in [-0.2, 0) is 4.74 Å². The van der Waals surface area contributed by atoms with Crippen LogP contribution in [0.3, 0.4) is 0 Å². The molecule has 3 heterocycles. The smallest absolute Gasteiger partial charge is 0.413 e. The zero-order valence-corrected chi connectivity index (χ0v) is 22.3. The summed E-state index contributed by atoms with van der Waals surface area (Å²) >= 11 is 12.8. The van der Waals surface area contributed by atoms with Gasteiger partial charge in [-0.2, -0.15) is 4.68 Å². The molecule has 1 fully saturated rings. The first kappa shape index (κ1) is 27.2. The van der Waals surface area contributed by atoms with Gasteiger partial charge in [-0.25, -0.2) is 14.7 Å². The van der Waals surface area contributed by atoms with E-state index in [9.17, 15) is 19.2 Å². The number of anilines is 2. The lowest BCUT2D eigenvalue weighted by molar-refractivity contribution is 0.159. The molecule has 2 aromatic heterocycles. The number of carbonyl (C=O) groups excluding carboxylic acids is 1. The summed E-state index contributed by atoms with van der Waals surface area (Å²) < 4.78 is 11.5. The number of hydrogen-bond donors (Lipinski definition) is 3. The Kier molecular flexibility index (Phi) is 7.78. The van der Waals surface area contributed by atoms with Gasteiger partial charge in [-0.15, -0.1) is 10.2 Å². The predicted octanol–water partition coefficient (Wildman–Crippen LogP) is 3.30. The van der Waals surface area contributed by atoms with E-state index in [-0.39, 0.29) is 44.9 Å². The first-order valence-electron chi connectivity index (χ1n) is 11.7. The van der Waals surface area contributed by atoms with E-state index in [0.717, 1.165) is 11.1 Å². The summed E-state index contributed by atoms with van der Waals surface area (Å²) in [7, 11) is 0. The maximum Gasteiger partial charge on any atom is 0.413 e. The van der Waals surface area contributed by atoms with E-state index in [1.807, 2.05) is 11.8 Å². The second kappa shape index (κ2) is 10.9. The Morgan fingerprint density at radius 1 is 1.13 bits per heavy atom. The Bertz CT molecular complexity index is 1520. The maximum atomic E-state index is 12.4. The fourth-order valence-corrected chi connectivity index (χ4v) is 4.34. The first-order valence-corrected chi connectivity index (χ1v) is 12.4. The van der Waals surface area contributed by atoms with Crippen LogP contribution in [0, 0.1) is 5.41 Å². The topological polar surface area (TPSA) is 164 Å². The summed E-state index contributed by atoms with van der Waals surface area (Å²) in [5.41, 5.74) is -1.60. The summed E-state index contributed by atoms with van der Waals surface area (Å²) in [4.78, 5) is 52.7. The Balaban J connectivity index is 1.59. The Labute approximate surface area is 225 Å². The molecule has 3 aromatic rings. The fraction of sp³-hybridized carbons (Fsp3) is 0.391. The van der Waals surface area contributed by atoms with E-state index in [0.29, 0.717) is 25.2 Å². The highest BCUT2D eigenvalue weighted by atomic mass is 35.5. The van der Waals surface area contributed by atoms with E-state index in [4.69, 9.17) is 32.7 Å². The van der Waals surface area contributed by atoms with Crippen LogP contribution in [0.15, 0.2) is 32.6 Å². The van der Waals surface area contributed by atoms with E-state index < -0.39 is 23.2 Å². The molecule has 13 nitrogen and oxygen atoms in total. The van der Waals surface area contributed by atoms with Crippen molar-refractivity contribution in [2.45, 2.75) is 33.6 Å². The van der Waals surface area contributed by atoms with E-state index in [1.165, 1.54) is 18.2 Å². The number of aromatic amines is 2. The normalized spacial score (nSPS) is 14.1. The fourth-order valence-electron chi connectivity index (χ4n) is 3.79. The van der Waals surface area contributed by atoms with Gasteiger partial charge < -0.3 is 14.4 Å². The Hall–Kier alpha value is -3.84. The van der Waals surface area contributed by atoms with Crippen LogP contribution in [-0.4, -0.2) is 50.8 Å². The van der Waals surface area contributed by atoms with Gasteiger partial charge in [0.1, 0.15) is 5.69 Å². The average molecular weight is 566 g/mol. The number of rotatable bonds is 8. The highest BCUT2D eigenvalue weighted by Gasteiger charge is 2.35. The van der Waals surface area contributed by atoms with Crippen LogP contribution < -0.4 is 31.8 Å². The number of amides is 1. The van der Waals surface area contributed by atoms with Crippen LogP contribution >= 0.6 is 23.2 Å². The number of unbranched alkanes of at least 4 members (excludes halogenated alkanes) is 1. The van der Waals surface area contributed by atoms with Crippen molar-refractivity contribution >= 4 is 40.8 Å². The number of nitrogens with zero attached hydrogens (tertiary/aromatic N) is 4. The van der Waals surface area contributed by atoms with Crippen molar-refractivity contribution in [3.63, 3.8) is 0 Å². The van der Waals surface area contributed by atoms with Gasteiger partial charge in [0.25, 0.3) is 11.1 Å². The number of benzene rings is 1. The minimum Gasteiger partial charge on any atom is -0.449 e. The van der Waals surface area contributed by atoms with E-state index >= 15 is 0 Å². The van der Waals surface area contributed by atoms with Gasteiger partial charge in [-0.1, -0.05) is 50.4 Å². The molecule has 0 unspecified atom stereocenters. The predicted molar refractivity (Wildman–Crippen MR) is 141 cm³/mol. The molecule has 0 bridgehead atoms. The number of halogens is 2. The van der Waals surface area contributed by atoms with Crippen LogP contribution in [0.25, 0.3) is 5.69 Å². The zero-order valence-electron chi connectivity index (χ0n) is 20.8. The van der Waals surface area contributed by atoms with Gasteiger partial charge >= 0.3 is 11.8 Å². The maximum absolute atomic E-state index is 12.4. The molecule has 1 aliphatic rings. The molecule has 1 amide bonds. The van der Waals surface area contributed by atoms with Crippen molar-refractivity contribution in [3.8, 4) is 17.3 Å². The lowest BCUT2D eigenvalue weighted by Gasteiger charge is -2.46. The molecule has 202 valence electrons.